The molecule has 3 rings (SSSR count). The molecule has 0 bridgehead atoms. The van der Waals surface area contributed by atoms with E-state index in [9.17, 15) is 4.79 Å². The van der Waals surface area contributed by atoms with E-state index in [1.165, 1.54) is 37.8 Å². The van der Waals surface area contributed by atoms with E-state index in [2.05, 4.69) is 28.7 Å². The van der Waals surface area contributed by atoms with Crippen molar-refractivity contribution in [3.05, 3.63) is 53.1 Å². The molecule has 0 aromatic carbocycles. The molecule has 0 radical (unpaired) electrons. The Morgan fingerprint density at radius 1 is 1.30 bits per heavy atom. The van der Waals surface area contributed by atoms with E-state index in [-0.39, 0.29) is 5.91 Å². The van der Waals surface area contributed by atoms with Crippen LogP contribution in [0.5, 0.6) is 0 Å². The standard InChI is InChI=1S/C19H25N3O/c1-14-11-18(15(2)22(14)17-8-4-3-5-9-17)19(23)21-13-16-7-6-10-20-12-16/h6-7,10-12,17H,3-5,8-9,13H2,1-2H3,(H,21,23). The zero-order valence-corrected chi connectivity index (χ0v) is 14.0. The van der Waals surface area contributed by atoms with Crippen LogP contribution in [0.25, 0.3) is 0 Å². The van der Waals surface area contributed by atoms with Gasteiger partial charge in [-0.2, -0.15) is 0 Å². The summed E-state index contributed by atoms with van der Waals surface area (Å²) in [5.41, 5.74) is 4.11. The van der Waals surface area contributed by atoms with Crippen molar-refractivity contribution in [2.45, 2.75) is 58.5 Å². The molecule has 1 N–H and O–H groups in total. The maximum absolute atomic E-state index is 12.5. The zero-order valence-electron chi connectivity index (χ0n) is 14.0. The number of hydrogen-bond donors (Lipinski definition) is 1. The van der Waals surface area contributed by atoms with Gasteiger partial charge in [-0.05, 0) is 44.4 Å². The lowest BCUT2D eigenvalue weighted by atomic mass is 9.95. The van der Waals surface area contributed by atoms with Crippen molar-refractivity contribution < 1.29 is 4.79 Å². The monoisotopic (exact) mass is 311 g/mol. The van der Waals surface area contributed by atoms with Crippen LogP contribution < -0.4 is 5.32 Å². The molecule has 2 aromatic heterocycles. The van der Waals surface area contributed by atoms with Gasteiger partial charge in [0.25, 0.3) is 5.91 Å². The van der Waals surface area contributed by atoms with Gasteiger partial charge in [-0.15, -0.1) is 0 Å². The van der Waals surface area contributed by atoms with Crippen LogP contribution in [0.15, 0.2) is 30.6 Å². The van der Waals surface area contributed by atoms with Crippen molar-refractivity contribution >= 4 is 5.91 Å². The van der Waals surface area contributed by atoms with Crippen LogP contribution in [-0.2, 0) is 6.54 Å². The Hall–Kier alpha value is -2.10. The lowest BCUT2D eigenvalue weighted by Crippen LogP contribution is -2.24. The van der Waals surface area contributed by atoms with Crippen LogP contribution in [0.2, 0.25) is 0 Å². The molecule has 0 aliphatic heterocycles. The molecular formula is C19H25N3O. The number of hydrogen-bond acceptors (Lipinski definition) is 2. The third-order valence-electron chi connectivity index (χ3n) is 4.84. The molecule has 0 atom stereocenters. The average Bonchev–Trinajstić information content (AvgIpc) is 2.89. The summed E-state index contributed by atoms with van der Waals surface area (Å²) in [6.07, 6.45) is 9.91. The van der Waals surface area contributed by atoms with E-state index in [1.54, 1.807) is 12.4 Å². The number of aromatic nitrogens is 2. The fourth-order valence-electron chi connectivity index (χ4n) is 3.69. The zero-order chi connectivity index (χ0) is 16.2. The Labute approximate surface area is 137 Å². The molecule has 4 heteroatoms. The minimum atomic E-state index is 0.00372. The molecule has 122 valence electrons. The molecule has 0 spiro atoms. The highest BCUT2D eigenvalue weighted by Gasteiger charge is 2.22. The van der Waals surface area contributed by atoms with Crippen molar-refractivity contribution in [2.75, 3.05) is 0 Å². The molecule has 1 aliphatic carbocycles. The first kappa shape index (κ1) is 15.8. The van der Waals surface area contributed by atoms with Gasteiger partial charge < -0.3 is 9.88 Å². The van der Waals surface area contributed by atoms with E-state index < -0.39 is 0 Å². The molecular weight excluding hydrogens is 286 g/mol. The van der Waals surface area contributed by atoms with Crippen molar-refractivity contribution in [3.63, 3.8) is 0 Å². The average molecular weight is 311 g/mol. The molecule has 1 saturated carbocycles. The fraction of sp³-hybridized carbons (Fsp3) is 0.474. The third-order valence-corrected chi connectivity index (χ3v) is 4.84. The Morgan fingerprint density at radius 3 is 2.78 bits per heavy atom. The Bertz CT molecular complexity index is 669. The minimum absolute atomic E-state index is 0.00372. The number of nitrogens with one attached hydrogen (secondary N) is 1. The Kier molecular flexibility index (Phi) is 4.79. The maximum Gasteiger partial charge on any atom is 0.253 e. The van der Waals surface area contributed by atoms with Gasteiger partial charge in [0, 0.05) is 36.4 Å². The summed E-state index contributed by atoms with van der Waals surface area (Å²) < 4.78 is 2.37. The molecule has 1 aliphatic rings. The van der Waals surface area contributed by atoms with Crippen LogP contribution in [0.3, 0.4) is 0 Å². The number of amides is 1. The van der Waals surface area contributed by atoms with Crippen LogP contribution in [0.4, 0.5) is 0 Å². The first-order chi connectivity index (χ1) is 11.2. The van der Waals surface area contributed by atoms with Crippen molar-refractivity contribution in [1.29, 1.82) is 0 Å². The Balaban J connectivity index is 1.73. The first-order valence-electron chi connectivity index (χ1n) is 8.52. The topological polar surface area (TPSA) is 46.9 Å². The highest BCUT2D eigenvalue weighted by atomic mass is 16.1. The third kappa shape index (κ3) is 3.46. The quantitative estimate of drug-likeness (QED) is 0.930. The molecule has 0 unspecified atom stereocenters. The van der Waals surface area contributed by atoms with Gasteiger partial charge in [0.15, 0.2) is 0 Å². The van der Waals surface area contributed by atoms with Gasteiger partial charge in [-0.3, -0.25) is 9.78 Å². The second-order valence-electron chi connectivity index (χ2n) is 6.49. The molecule has 0 saturated heterocycles. The second-order valence-corrected chi connectivity index (χ2v) is 6.49. The molecule has 4 nitrogen and oxygen atoms in total. The summed E-state index contributed by atoms with van der Waals surface area (Å²) in [6.45, 7) is 4.69. The van der Waals surface area contributed by atoms with Crippen LogP contribution in [0, 0.1) is 13.8 Å². The maximum atomic E-state index is 12.5. The minimum Gasteiger partial charge on any atom is -0.348 e. The van der Waals surface area contributed by atoms with Crippen LogP contribution >= 0.6 is 0 Å². The van der Waals surface area contributed by atoms with Gasteiger partial charge in [-0.25, -0.2) is 0 Å². The van der Waals surface area contributed by atoms with Crippen molar-refractivity contribution in [1.82, 2.24) is 14.9 Å². The summed E-state index contributed by atoms with van der Waals surface area (Å²) >= 11 is 0. The lowest BCUT2D eigenvalue weighted by molar-refractivity contribution is 0.0950. The SMILES string of the molecule is Cc1cc(C(=O)NCc2cccnc2)c(C)n1C1CCCCC1. The summed E-state index contributed by atoms with van der Waals surface area (Å²) in [4.78, 5) is 16.6. The summed E-state index contributed by atoms with van der Waals surface area (Å²) in [7, 11) is 0. The summed E-state index contributed by atoms with van der Waals surface area (Å²) in [6, 6.07) is 6.45. The molecule has 2 aromatic rings. The van der Waals surface area contributed by atoms with E-state index in [4.69, 9.17) is 0 Å². The number of carbonyl (C=O) groups is 1. The number of nitrogens with zero attached hydrogens (tertiary/aromatic N) is 2. The number of rotatable bonds is 4. The molecule has 2 heterocycles. The smallest absolute Gasteiger partial charge is 0.253 e. The van der Waals surface area contributed by atoms with Gasteiger partial charge in [0.1, 0.15) is 0 Å². The fourth-order valence-corrected chi connectivity index (χ4v) is 3.69. The lowest BCUT2D eigenvalue weighted by Gasteiger charge is -2.26. The van der Waals surface area contributed by atoms with Crippen molar-refractivity contribution in [2.24, 2.45) is 0 Å². The highest BCUT2D eigenvalue weighted by molar-refractivity contribution is 5.95. The first-order valence-corrected chi connectivity index (χ1v) is 8.52. The normalized spacial score (nSPS) is 15.6. The van der Waals surface area contributed by atoms with Crippen LogP contribution in [-0.4, -0.2) is 15.5 Å². The van der Waals surface area contributed by atoms with Gasteiger partial charge in [-0.1, -0.05) is 25.3 Å². The predicted octanol–water partition coefficient (Wildman–Crippen LogP) is 3.94. The van der Waals surface area contributed by atoms with E-state index in [1.807, 2.05) is 18.2 Å². The van der Waals surface area contributed by atoms with E-state index >= 15 is 0 Å². The Morgan fingerprint density at radius 2 is 2.09 bits per heavy atom. The molecule has 1 fully saturated rings. The predicted molar refractivity (Wildman–Crippen MR) is 91.4 cm³/mol. The largest absolute Gasteiger partial charge is 0.348 e. The molecule has 1 amide bonds. The number of aryl methyl sites for hydroxylation is 1. The number of carbonyl (C=O) groups excluding carboxylic acids is 1. The van der Waals surface area contributed by atoms with Crippen molar-refractivity contribution in [3.8, 4) is 0 Å². The summed E-state index contributed by atoms with van der Waals surface area (Å²) in [5, 5.41) is 3.01. The summed E-state index contributed by atoms with van der Waals surface area (Å²) in [5.74, 6) is 0.00372. The van der Waals surface area contributed by atoms with Crippen LogP contribution in [0.1, 0.15) is 65.5 Å². The van der Waals surface area contributed by atoms with E-state index in [0.717, 1.165) is 16.8 Å². The van der Waals surface area contributed by atoms with E-state index in [0.29, 0.717) is 12.6 Å². The van der Waals surface area contributed by atoms with Gasteiger partial charge >= 0.3 is 0 Å². The number of pyridine rings is 1. The van der Waals surface area contributed by atoms with Gasteiger partial charge in [0.2, 0.25) is 0 Å². The van der Waals surface area contributed by atoms with Gasteiger partial charge in [0.05, 0.1) is 5.56 Å². The second kappa shape index (κ2) is 6.99. The molecule has 23 heavy (non-hydrogen) atoms. The highest BCUT2D eigenvalue weighted by Crippen LogP contribution is 2.32.